The van der Waals surface area contributed by atoms with Gasteiger partial charge in [-0.15, -0.1) is 0 Å². The Morgan fingerprint density at radius 3 is 2.64 bits per heavy atom. The Labute approximate surface area is 164 Å². The van der Waals surface area contributed by atoms with Gasteiger partial charge in [0.2, 0.25) is 0 Å². The van der Waals surface area contributed by atoms with Crippen molar-refractivity contribution in [2.75, 3.05) is 39.3 Å². The first-order valence-corrected chi connectivity index (χ1v) is 9.60. The van der Waals surface area contributed by atoms with Crippen LogP contribution in [0.2, 0.25) is 0 Å². The number of amides is 1. The number of pyridine rings is 1. The molecular formula is C21H25N5O2. The Hall–Kier alpha value is -2.93. The number of hydrogen-bond acceptors (Lipinski definition) is 5. The predicted octanol–water partition coefficient (Wildman–Crippen LogP) is 2.11. The van der Waals surface area contributed by atoms with Crippen LogP contribution in [0.25, 0.3) is 11.0 Å². The molecule has 0 aliphatic carbocycles. The number of piperazine rings is 1. The number of fused-ring (bicyclic) bond motifs is 1. The van der Waals surface area contributed by atoms with Gasteiger partial charge < -0.3 is 9.64 Å². The van der Waals surface area contributed by atoms with E-state index in [0.29, 0.717) is 25.3 Å². The summed E-state index contributed by atoms with van der Waals surface area (Å²) >= 11 is 0. The van der Waals surface area contributed by atoms with Gasteiger partial charge in [0.25, 0.3) is 5.91 Å². The van der Waals surface area contributed by atoms with Crippen LogP contribution in [0, 0.1) is 6.92 Å². The molecule has 146 valence electrons. The Morgan fingerprint density at radius 2 is 1.89 bits per heavy atom. The number of aromatic nitrogens is 3. The SMILES string of the molecule is Cc1cc(C(=O)N2CCN(CCOc3ccccc3)CC2)c2cnn(C)c2n1. The molecule has 0 unspecified atom stereocenters. The van der Waals surface area contributed by atoms with Crippen molar-refractivity contribution in [2.24, 2.45) is 7.05 Å². The first-order valence-electron chi connectivity index (χ1n) is 9.60. The zero-order valence-electron chi connectivity index (χ0n) is 16.3. The van der Waals surface area contributed by atoms with Gasteiger partial charge in [0.15, 0.2) is 5.65 Å². The minimum atomic E-state index is 0.0590. The average Bonchev–Trinajstić information content (AvgIpc) is 3.09. The molecule has 3 heterocycles. The average molecular weight is 379 g/mol. The molecule has 1 aliphatic heterocycles. The standard InChI is InChI=1S/C21H25N5O2/c1-16-14-18(19-15-22-24(2)20(19)23-16)21(27)26-10-8-25(9-11-26)12-13-28-17-6-4-3-5-7-17/h3-7,14-15H,8-13H2,1-2H3. The molecule has 0 radical (unpaired) electrons. The second kappa shape index (κ2) is 7.98. The van der Waals surface area contributed by atoms with Crippen LogP contribution in [-0.2, 0) is 7.05 Å². The van der Waals surface area contributed by atoms with E-state index in [1.54, 1.807) is 10.9 Å². The Bertz CT molecular complexity index is 962. The van der Waals surface area contributed by atoms with Crippen molar-refractivity contribution in [2.45, 2.75) is 6.92 Å². The molecule has 1 fully saturated rings. The van der Waals surface area contributed by atoms with E-state index in [-0.39, 0.29) is 5.91 Å². The molecule has 1 aromatic carbocycles. The quantitative estimate of drug-likeness (QED) is 0.679. The number of nitrogens with zero attached hydrogens (tertiary/aromatic N) is 5. The molecule has 1 amide bonds. The van der Waals surface area contributed by atoms with Crippen molar-refractivity contribution < 1.29 is 9.53 Å². The lowest BCUT2D eigenvalue weighted by Crippen LogP contribution is -2.49. The molecule has 1 aliphatic rings. The van der Waals surface area contributed by atoms with Crippen molar-refractivity contribution in [3.63, 3.8) is 0 Å². The summed E-state index contributed by atoms with van der Waals surface area (Å²) < 4.78 is 7.49. The summed E-state index contributed by atoms with van der Waals surface area (Å²) in [5.41, 5.74) is 2.27. The highest BCUT2D eigenvalue weighted by Crippen LogP contribution is 2.20. The lowest BCUT2D eigenvalue weighted by molar-refractivity contribution is 0.0622. The summed E-state index contributed by atoms with van der Waals surface area (Å²) in [7, 11) is 1.85. The van der Waals surface area contributed by atoms with E-state index in [1.807, 2.05) is 55.3 Å². The maximum atomic E-state index is 13.1. The molecule has 7 heteroatoms. The number of ether oxygens (including phenoxy) is 1. The summed E-state index contributed by atoms with van der Waals surface area (Å²) in [5, 5.41) is 5.07. The van der Waals surface area contributed by atoms with E-state index in [4.69, 9.17) is 4.74 Å². The fraction of sp³-hybridized carbons (Fsp3) is 0.381. The lowest BCUT2D eigenvalue weighted by atomic mass is 10.1. The van der Waals surface area contributed by atoms with Crippen molar-refractivity contribution in [1.29, 1.82) is 0 Å². The first kappa shape index (κ1) is 18.4. The number of carbonyl (C=O) groups excluding carboxylic acids is 1. The van der Waals surface area contributed by atoms with E-state index in [2.05, 4.69) is 15.0 Å². The van der Waals surface area contributed by atoms with E-state index in [9.17, 15) is 4.79 Å². The smallest absolute Gasteiger partial charge is 0.254 e. The van der Waals surface area contributed by atoms with E-state index in [1.165, 1.54) is 0 Å². The van der Waals surface area contributed by atoms with Gasteiger partial charge in [0.05, 0.1) is 17.1 Å². The number of para-hydroxylation sites is 1. The Morgan fingerprint density at radius 1 is 1.14 bits per heavy atom. The lowest BCUT2D eigenvalue weighted by Gasteiger charge is -2.34. The highest BCUT2D eigenvalue weighted by Gasteiger charge is 2.24. The fourth-order valence-corrected chi connectivity index (χ4v) is 3.57. The number of hydrogen-bond donors (Lipinski definition) is 0. The third-order valence-electron chi connectivity index (χ3n) is 5.14. The molecule has 0 atom stereocenters. The highest BCUT2D eigenvalue weighted by atomic mass is 16.5. The molecule has 28 heavy (non-hydrogen) atoms. The van der Waals surface area contributed by atoms with Gasteiger partial charge in [-0.05, 0) is 25.1 Å². The second-order valence-electron chi connectivity index (χ2n) is 7.11. The molecule has 0 bridgehead atoms. The second-order valence-corrected chi connectivity index (χ2v) is 7.11. The number of carbonyl (C=O) groups is 1. The van der Waals surface area contributed by atoms with Crippen LogP contribution < -0.4 is 4.74 Å². The van der Waals surface area contributed by atoms with Crippen LogP contribution in [0.4, 0.5) is 0 Å². The summed E-state index contributed by atoms with van der Waals surface area (Å²) in [5.74, 6) is 0.952. The topological polar surface area (TPSA) is 63.5 Å². The largest absolute Gasteiger partial charge is 0.492 e. The fourth-order valence-electron chi connectivity index (χ4n) is 3.57. The van der Waals surface area contributed by atoms with Crippen molar-refractivity contribution in [3.05, 3.63) is 53.9 Å². The Kier molecular flexibility index (Phi) is 5.25. The van der Waals surface area contributed by atoms with E-state index in [0.717, 1.165) is 42.1 Å². The van der Waals surface area contributed by atoms with Crippen molar-refractivity contribution in [3.8, 4) is 5.75 Å². The van der Waals surface area contributed by atoms with Crippen molar-refractivity contribution in [1.82, 2.24) is 24.6 Å². The van der Waals surface area contributed by atoms with Crippen LogP contribution in [-0.4, -0.2) is 69.8 Å². The third kappa shape index (κ3) is 3.84. The zero-order chi connectivity index (χ0) is 19.5. The summed E-state index contributed by atoms with van der Waals surface area (Å²) in [6, 6.07) is 11.7. The van der Waals surface area contributed by atoms with Gasteiger partial charge in [0.1, 0.15) is 12.4 Å². The molecule has 0 saturated carbocycles. The molecule has 0 spiro atoms. The van der Waals surface area contributed by atoms with Crippen LogP contribution in [0.1, 0.15) is 16.1 Å². The van der Waals surface area contributed by atoms with Gasteiger partial charge in [-0.2, -0.15) is 5.10 Å². The number of rotatable bonds is 5. The summed E-state index contributed by atoms with van der Waals surface area (Å²) in [6.45, 7) is 6.55. The molecule has 4 rings (SSSR count). The minimum absolute atomic E-state index is 0.0590. The van der Waals surface area contributed by atoms with Gasteiger partial charge >= 0.3 is 0 Å². The Balaban J connectivity index is 1.34. The predicted molar refractivity (Wildman–Crippen MR) is 108 cm³/mol. The molecule has 3 aromatic rings. The van der Waals surface area contributed by atoms with Gasteiger partial charge in [-0.1, -0.05) is 18.2 Å². The van der Waals surface area contributed by atoms with Gasteiger partial charge in [-0.3, -0.25) is 14.4 Å². The van der Waals surface area contributed by atoms with E-state index >= 15 is 0 Å². The third-order valence-corrected chi connectivity index (χ3v) is 5.14. The maximum absolute atomic E-state index is 13.1. The molecule has 1 saturated heterocycles. The van der Waals surface area contributed by atoms with Gasteiger partial charge in [-0.25, -0.2) is 4.98 Å². The van der Waals surface area contributed by atoms with Crippen LogP contribution in [0.15, 0.2) is 42.6 Å². The van der Waals surface area contributed by atoms with Crippen LogP contribution >= 0.6 is 0 Å². The van der Waals surface area contributed by atoms with Crippen molar-refractivity contribution >= 4 is 16.9 Å². The highest BCUT2D eigenvalue weighted by molar-refractivity contribution is 6.05. The molecular weight excluding hydrogens is 354 g/mol. The molecule has 7 nitrogen and oxygen atoms in total. The summed E-state index contributed by atoms with van der Waals surface area (Å²) in [4.78, 5) is 21.9. The first-order chi connectivity index (χ1) is 13.6. The normalized spacial score (nSPS) is 15.1. The van der Waals surface area contributed by atoms with Gasteiger partial charge in [0, 0.05) is 45.5 Å². The monoisotopic (exact) mass is 379 g/mol. The number of aryl methyl sites for hydroxylation is 2. The number of benzene rings is 1. The maximum Gasteiger partial charge on any atom is 0.254 e. The minimum Gasteiger partial charge on any atom is -0.492 e. The molecule has 2 aromatic heterocycles. The van der Waals surface area contributed by atoms with Crippen LogP contribution in [0.3, 0.4) is 0 Å². The van der Waals surface area contributed by atoms with E-state index < -0.39 is 0 Å². The van der Waals surface area contributed by atoms with Crippen LogP contribution in [0.5, 0.6) is 5.75 Å². The molecule has 0 N–H and O–H groups in total. The summed E-state index contributed by atoms with van der Waals surface area (Å²) in [6.07, 6.45) is 1.73. The zero-order valence-corrected chi connectivity index (χ0v) is 16.3.